The molecule has 2 aliphatic rings. The summed E-state index contributed by atoms with van der Waals surface area (Å²) in [4.78, 5) is 29.9. The van der Waals surface area contributed by atoms with Gasteiger partial charge in [0.25, 0.3) is 12.3 Å². The van der Waals surface area contributed by atoms with E-state index in [1.54, 1.807) is 6.33 Å². The fraction of sp³-hybridized carbons (Fsp3) is 0.333. The summed E-state index contributed by atoms with van der Waals surface area (Å²) in [6.07, 6.45) is 2.01. The van der Waals surface area contributed by atoms with Crippen LogP contribution in [0.2, 0.25) is 6.04 Å². The van der Waals surface area contributed by atoms with E-state index in [2.05, 4.69) is 33.8 Å². The van der Waals surface area contributed by atoms with Gasteiger partial charge in [0.15, 0.2) is 0 Å². The maximum atomic E-state index is 14.9. The molecule has 3 aromatic rings. The molecular formula is C24H23F3N7O2Si. The van der Waals surface area contributed by atoms with Crippen molar-refractivity contribution in [3.8, 4) is 11.8 Å². The molecule has 191 valence electrons. The molecule has 5 rings (SSSR count). The number of amides is 2. The van der Waals surface area contributed by atoms with Crippen molar-refractivity contribution < 1.29 is 22.8 Å². The van der Waals surface area contributed by atoms with Gasteiger partial charge in [-0.1, -0.05) is 12.5 Å². The number of benzene rings is 1. The monoisotopic (exact) mass is 526 g/mol. The standard InChI is InChI=1S/C24H23F3N7O2Si/c1-3-20(35)33-12-37(10-19(33)22(26)27)34-24(29-2)21(23(28)36)16(31-34)7-4-13-8-17-18(9-15(13)25)32(11-30-17)14-5-6-14/h3,8-9,11,14,19,22,29H,1,5-6,10,12H2,2H3,(H2,28,36)/t19-/m1/s1. The van der Waals surface area contributed by atoms with Gasteiger partial charge in [-0.15, -0.1) is 0 Å². The molecule has 1 aromatic carbocycles. The molecule has 1 aliphatic heterocycles. The van der Waals surface area contributed by atoms with Crippen molar-refractivity contribution in [2.75, 3.05) is 18.5 Å². The van der Waals surface area contributed by atoms with E-state index in [0.717, 1.165) is 23.8 Å². The Balaban J connectivity index is 1.53. The second-order valence-corrected chi connectivity index (χ2v) is 11.2. The van der Waals surface area contributed by atoms with Crippen molar-refractivity contribution in [1.29, 1.82) is 0 Å². The molecule has 13 heteroatoms. The van der Waals surface area contributed by atoms with Gasteiger partial charge in [0.2, 0.25) is 14.9 Å². The number of aromatic nitrogens is 4. The van der Waals surface area contributed by atoms with Crippen LogP contribution >= 0.6 is 0 Å². The molecule has 0 spiro atoms. The fourth-order valence-electron chi connectivity index (χ4n) is 4.58. The van der Waals surface area contributed by atoms with E-state index >= 15 is 0 Å². The maximum Gasteiger partial charge on any atom is 0.258 e. The fourth-order valence-corrected chi connectivity index (χ4v) is 7.46. The van der Waals surface area contributed by atoms with E-state index in [1.807, 2.05) is 4.57 Å². The normalized spacial score (nSPS) is 17.8. The number of nitrogens with two attached hydrogens (primary N) is 1. The van der Waals surface area contributed by atoms with Crippen molar-refractivity contribution in [3.05, 3.63) is 53.8 Å². The van der Waals surface area contributed by atoms with Gasteiger partial charge >= 0.3 is 0 Å². The molecule has 3 heterocycles. The van der Waals surface area contributed by atoms with Gasteiger partial charge in [-0.05, 0) is 36.9 Å². The molecule has 37 heavy (non-hydrogen) atoms. The summed E-state index contributed by atoms with van der Waals surface area (Å²) >= 11 is 0. The van der Waals surface area contributed by atoms with Gasteiger partial charge in [-0.25, -0.2) is 18.2 Å². The minimum atomic E-state index is -2.75. The van der Waals surface area contributed by atoms with Crippen LogP contribution < -0.4 is 11.1 Å². The number of anilines is 1. The molecule has 3 N–H and O–H groups in total. The largest absolute Gasteiger partial charge is 0.373 e. The van der Waals surface area contributed by atoms with Gasteiger partial charge in [-0.2, -0.15) is 5.10 Å². The first-order valence-electron chi connectivity index (χ1n) is 11.6. The topological polar surface area (TPSA) is 111 Å². The number of carbonyl (C=O) groups is 2. The molecule has 9 nitrogen and oxygen atoms in total. The molecule has 2 amide bonds. The molecule has 1 aliphatic carbocycles. The Hall–Kier alpha value is -4.05. The number of imidazole rings is 1. The van der Waals surface area contributed by atoms with Gasteiger partial charge in [0.05, 0.1) is 29.0 Å². The Bertz CT molecular complexity index is 1480. The van der Waals surface area contributed by atoms with Crippen LogP contribution in [0.4, 0.5) is 19.0 Å². The van der Waals surface area contributed by atoms with Crippen LogP contribution in [0.15, 0.2) is 31.1 Å². The third-order valence-electron chi connectivity index (χ3n) is 6.53. The summed E-state index contributed by atoms with van der Waals surface area (Å²) < 4.78 is 45.7. The Morgan fingerprint density at radius 1 is 1.32 bits per heavy atom. The molecule has 1 atom stereocenters. The third kappa shape index (κ3) is 4.37. The second-order valence-electron chi connectivity index (χ2n) is 8.89. The summed E-state index contributed by atoms with van der Waals surface area (Å²) in [5, 5.41) is 7.27. The summed E-state index contributed by atoms with van der Waals surface area (Å²) in [5.41, 5.74) is 6.91. The van der Waals surface area contributed by atoms with Crippen molar-refractivity contribution in [2.24, 2.45) is 5.73 Å². The predicted molar refractivity (Wildman–Crippen MR) is 132 cm³/mol. The number of nitrogens with one attached hydrogen (secondary N) is 1. The Morgan fingerprint density at radius 2 is 2.08 bits per heavy atom. The molecule has 0 unspecified atom stereocenters. The number of rotatable bonds is 6. The average molecular weight is 527 g/mol. The van der Waals surface area contributed by atoms with Crippen LogP contribution in [-0.2, 0) is 4.79 Å². The van der Waals surface area contributed by atoms with Crippen LogP contribution in [0, 0.1) is 17.7 Å². The van der Waals surface area contributed by atoms with E-state index < -0.39 is 39.1 Å². The third-order valence-corrected chi connectivity index (χ3v) is 9.05. The van der Waals surface area contributed by atoms with E-state index in [-0.39, 0.29) is 34.9 Å². The zero-order valence-corrected chi connectivity index (χ0v) is 20.8. The zero-order valence-electron chi connectivity index (χ0n) is 19.8. The van der Waals surface area contributed by atoms with Crippen molar-refractivity contribution in [2.45, 2.75) is 37.4 Å². The zero-order chi connectivity index (χ0) is 26.4. The smallest absolute Gasteiger partial charge is 0.258 e. The highest BCUT2D eigenvalue weighted by Crippen LogP contribution is 2.37. The average Bonchev–Trinajstić information content (AvgIpc) is 3.31. The lowest BCUT2D eigenvalue weighted by molar-refractivity contribution is -0.129. The lowest BCUT2D eigenvalue weighted by atomic mass is 10.1. The molecule has 1 saturated carbocycles. The number of halogens is 3. The Labute approximate surface area is 211 Å². The SMILES string of the molecule is C=CC(=O)N1C[Si](n2nc(C#Cc3cc4ncn(C5CC5)c4cc3F)c(C(N)=O)c2NC)C[C@@H]1C(F)F. The van der Waals surface area contributed by atoms with E-state index in [9.17, 15) is 22.8 Å². The number of hydrogen-bond acceptors (Lipinski definition) is 5. The van der Waals surface area contributed by atoms with Crippen molar-refractivity contribution in [1.82, 2.24) is 23.9 Å². The second kappa shape index (κ2) is 9.43. The molecule has 1 radical (unpaired) electrons. The van der Waals surface area contributed by atoms with Gasteiger partial charge in [0.1, 0.15) is 22.9 Å². The number of hydrogen-bond donors (Lipinski definition) is 2. The number of nitrogens with zero attached hydrogens (tertiary/aromatic N) is 5. The molecule has 1 saturated heterocycles. The molecule has 2 aromatic heterocycles. The number of alkyl halides is 2. The quantitative estimate of drug-likeness (QED) is 0.291. The highest BCUT2D eigenvalue weighted by molar-refractivity contribution is 6.59. The molecular weight excluding hydrogens is 503 g/mol. The minimum Gasteiger partial charge on any atom is -0.373 e. The first kappa shape index (κ1) is 24.6. The number of fused-ring (bicyclic) bond motifs is 1. The predicted octanol–water partition coefficient (Wildman–Crippen LogP) is 2.29. The Morgan fingerprint density at radius 3 is 2.70 bits per heavy atom. The first-order chi connectivity index (χ1) is 17.7. The van der Waals surface area contributed by atoms with Gasteiger partial charge < -0.3 is 20.5 Å². The van der Waals surface area contributed by atoms with Crippen LogP contribution in [0.3, 0.4) is 0 Å². The van der Waals surface area contributed by atoms with Crippen LogP contribution in [0.1, 0.15) is 40.5 Å². The highest BCUT2D eigenvalue weighted by atomic mass is 28.3. The summed E-state index contributed by atoms with van der Waals surface area (Å²) in [6.45, 7) is 3.39. The molecule has 2 fully saturated rings. The van der Waals surface area contributed by atoms with E-state index in [4.69, 9.17) is 5.73 Å². The van der Waals surface area contributed by atoms with E-state index in [1.165, 1.54) is 23.5 Å². The van der Waals surface area contributed by atoms with Crippen LogP contribution in [0.25, 0.3) is 11.0 Å². The van der Waals surface area contributed by atoms with E-state index in [0.29, 0.717) is 17.1 Å². The summed E-state index contributed by atoms with van der Waals surface area (Å²) in [5.74, 6) is 3.68. The highest BCUT2D eigenvalue weighted by Gasteiger charge is 2.44. The Kier molecular flexibility index (Phi) is 6.28. The maximum absolute atomic E-state index is 14.9. The van der Waals surface area contributed by atoms with Crippen molar-refractivity contribution >= 4 is 37.6 Å². The van der Waals surface area contributed by atoms with Crippen molar-refractivity contribution in [3.63, 3.8) is 0 Å². The van der Waals surface area contributed by atoms with Crippen LogP contribution in [0.5, 0.6) is 0 Å². The van der Waals surface area contributed by atoms with Gasteiger partial charge in [-0.3, -0.25) is 13.9 Å². The first-order valence-corrected chi connectivity index (χ1v) is 13.4. The minimum absolute atomic E-state index is 0.00169. The lowest BCUT2D eigenvalue weighted by Gasteiger charge is -2.22. The van der Waals surface area contributed by atoms with Gasteiger partial charge in [0, 0.05) is 25.3 Å². The summed E-state index contributed by atoms with van der Waals surface area (Å²) in [6, 6.07) is 1.96. The number of primary amides is 1. The number of carbonyl (C=O) groups excluding carboxylic acids is 2. The lowest BCUT2D eigenvalue weighted by Crippen LogP contribution is -2.39. The van der Waals surface area contributed by atoms with Crippen LogP contribution in [-0.4, -0.2) is 70.4 Å². The molecule has 0 bridgehead atoms. The summed E-state index contributed by atoms with van der Waals surface area (Å²) in [7, 11) is -0.384.